The molecule has 0 radical (unpaired) electrons. The topological polar surface area (TPSA) is 67.4 Å². The van der Waals surface area contributed by atoms with Gasteiger partial charge in [0.2, 0.25) is 0 Å². The lowest BCUT2D eigenvalue weighted by atomic mass is 10.2. The molecule has 0 fully saturated rings. The van der Waals surface area contributed by atoms with Crippen molar-refractivity contribution in [3.05, 3.63) is 64.7 Å². The lowest BCUT2D eigenvalue weighted by Gasteiger charge is -2.11. The van der Waals surface area contributed by atoms with Crippen molar-refractivity contribution in [2.45, 2.75) is 6.92 Å². The van der Waals surface area contributed by atoms with Gasteiger partial charge >= 0.3 is 5.97 Å². The number of hydrogen-bond acceptors (Lipinski definition) is 4. The third-order valence-electron chi connectivity index (χ3n) is 2.98. The number of ether oxygens (including phenoxy) is 1. The molecule has 1 amide bonds. The van der Waals surface area contributed by atoms with Crippen molar-refractivity contribution in [3.63, 3.8) is 0 Å². The molecule has 7 heteroatoms. The largest absolute Gasteiger partial charge is 0.462 e. The Balaban J connectivity index is 2.02. The zero-order chi connectivity index (χ0) is 17.5. The molecule has 5 nitrogen and oxygen atoms in total. The van der Waals surface area contributed by atoms with Gasteiger partial charge < -0.3 is 10.1 Å². The van der Waals surface area contributed by atoms with Crippen molar-refractivity contribution in [1.29, 1.82) is 0 Å². The fraction of sp³-hybridized carbons (Fsp3) is 0.118. The predicted octanol–water partition coefficient (Wildman–Crippen LogP) is 3.64. The Morgan fingerprint density at radius 2 is 1.92 bits per heavy atom. The number of nitrogens with one attached hydrogen (secondary N) is 2. The third kappa shape index (κ3) is 4.78. The second-order valence-electron chi connectivity index (χ2n) is 4.69. The number of hydrogen-bond donors (Lipinski definition) is 2. The van der Waals surface area contributed by atoms with E-state index in [4.69, 9.17) is 28.6 Å². The zero-order valence-electron chi connectivity index (χ0n) is 12.8. The van der Waals surface area contributed by atoms with E-state index in [0.29, 0.717) is 28.4 Å². The van der Waals surface area contributed by atoms with Crippen molar-refractivity contribution < 1.29 is 14.3 Å². The summed E-state index contributed by atoms with van der Waals surface area (Å²) in [5, 5.41) is 5.82. The van der Waals surface area contributed by atoms with E-state index < -0.39 is 11.9 Å². The monoisotopic (exact) mass is 362 g/mol. The summed E-state index contributed by atoms with van der Waals surface area (Å²) in [6, 6.07) is 13.3. The van der Waals surface area contributed by atoms with Gasteiger partial charge in [-0.1, -0.05) is 29.8 Å². The van der Waals surface area contributed by atoms with Crippen LogP contribution in [0.2, 0.25) is 5.02 Å². The molecule has 2 aromatic rings. The average Bonchev–Trinajstić information content (AvgIpc) is 2.55. The van der Waals surface area contributed by atoms with Gasteiger partial charge in [-0.3, -0.25) is 10.1 Å². The molecule has 24 heavy (non-hydrogen) atoms. The van der Waals surface area contributed by atoms with Crippen LogP contribution >= 0.6 is 23.8 Å². The summed E-state index contributed by atoms with van der Waals surface area (Å²) >= 11 is 11.1. The van der Waals surface area contributed by atoms with E-state index in [-0.39, 0.29) is 5.11 Å². The fourth-order valence-corrected chi connectivity index (χ4v) is 2.35. The third-order valence-corrected chi connectivity index (χ3v) is 3.51. The van der Waals surface area contributed by atoms with Crippen LogP contribution in [-0.2, 0) is 4.74 Å². The van der Waals surface area contributed by atoms with E-state index in [0.717, 1.165) is 0 Å². The maximum Gasteiger partial charge on any atom is 0.338 e. The number of esters is 1. The molecule has 2 N–H and O–H groups in total. The number of rotatable bonds is 4. The van der Waals surface area contributed by atoms with E-state index in [1.54, 1.807) is 55.5 Å². The Hall–Kier alpha value is -2.44. The van der Waals surface area contributed by atoms with Crippen LogP contribution in [0.4, 0.5) is 5.69 Å². The minimum absolute atomic E-state index is 0.0981. The molecule has 0 aliphatic rings. The summed E-state index contributed by atoms with van der Waals surface area (Å²) in [4.78, 5) is 23.8. The highest BCUT2D eigenvalue weighted by Gasteiger charge is 2.12. The standard InChI is InChI=1S/C17H15ClN2O3S/c1-2-23-16(22)11-6-5-7-12(10-11)19-17(24)20-15(21)13-8-3-4-9-14(13)18/h3-10H,2H2,1H3,(H2,19,20,21,24). The number of thiocarbonyl (C=S) groups is 1. The van der Waals surface area contributed by atoms with Crippen LogP contribution in [0.3, 0.4) is 0 Å². The van der Waals surface area contributed by atoms with Crippen LogP contribution in [-0.4, -0.2) is 23.6 Å². The minimum atomic E-state index is -0.424. The van der Waals surface area contributed by atoms with E-state index in [2.05, 4.69) is 10.6 Å². The maximum atomic E-state index is 12.1. The second kappa shape index (κ2) is 8.42. The first-order valence-corrected chi connectivity index (χ1v) is 7.94. The van der Waals surface area contributed by atoms with Crippen LogP contribution in [0.15, 0.2) is 48.5 Å². The quantitative estimate of drug-likeness (QED) is 0.642. The van der Waals surface area contributed by atoms with Gasteiger partial charge in [-0.05, 0) is 49.5 Å². The van der Waals surface area contributed by atoms with Crippen molar-refractivity contribution in [1.82, 2.24) is 5.32 Å². The Kier molecular flexibility index (Phi) is 6.28. The summed E-state index contributed by atoms with van der Waals surface area (Å²) in [5.41, 5.74) is 1.27. The average molecular weight is 363 g/mol. The lowest BCUT2D eigenvalue weighted by molar-refractivity contribution is 0.0526. The van der Waals surface area contributed by atoms with Crippen molar-refractivity contribution in [2.24, 2.45) is 0 Å². The minimum Gasteiger partial charge on any atom is -0.462 e. The number of anilines is 1. The Morgan fingerprint density at radius 3 is 2.62 bits per heavy atom. The molecule has 0 bridgehead atoms. The van der Waals surface area contributed by atoms with Gasteiger partial charge in [-0.15, -0.1) is 0 Å². The van der Waals surface area contributed by atoms with E-state index in [9.17, 15) is 9.59 Å². The zero-order valence-corrected chi connectivity index (χ0v) is 14.4. The molecule has 0 spiro atoms. The normalized spacial score (nSPS) is 9.92. The fourth-order valence-electron chi connectivity index (χ4n) is 1.92. The molecule has 2 rings (SSSR count). The van der Waals surface area contributed by atoms with Crippen LogP contribution in [0, 0.1) is 0 Å². The van der Waals surface area contributed by atoms with Crippen molar-refractivity contribution >= 4 is 46.5 Å². The molecule has 0 saturated heterocycles. The summed E-state index contributed by atoms with van der Waals surface area (Å²) in [6.45, 7) is 2.03. The molecule has 0 aromatic heterocycles. The van der Waals surface area contributed by atoms with Crippen LogP contribution in [0.1, 0.15) is 27.6 Å². The van der Waals surface area contributed by atoms with Gasteiger partial charge in [0.1, 0.15) is 0 Å². The van der Waals surface area contributed by atoms with Gasteiger partial charge in [0.05, 0.1) is 22.8 Å². The highest BCUT2D eigenvalue weighted by Crippen LogP contribution is 2.15. The van der Waals surface area contributed by atoms with Crippen LogP contribution in [0.5, 0.6) is 0 Å². The molecule has 2 aromatic carbocycles. The van der Waals surface area contributed by atoms with Crippen molar-refractivity contribution in [2.75, 3.05) is 11.9 Å². The number of carbonyl (C=O) groups excluding carboxylic acids is 2. The van der Waals surface area contributed by atoms with Crippen LogP contribution < -0.4 is 10.6 Å². The predicted molar refractivity (Wildman–Crippen MR) is 97.5 cm³/mol. The van der Waals surface area contributed by atoms with E-state index in [1.165, 1.54) is 0 Å². The smallest absolute Gasteiger partial charge is 0.338 e. The van der Waals surface area contributed by atoms with Gasteiger partial charge in [0.25, 0.3) is 5.91 Å². The molecule has 0 aliphatic carbocycles. The molecule has 0 heterocycles. The Morgan fingerprint density at radius 1 is 1.17 bits per heavy atom. The highest BCUT2D eigenvalue weighted by molar-refractivity contribution is 7.80. The highest BCUT2D eigenvalue weighted by atomic mass is 35.5. The van der Waals surface area contributed by atoms with Crippen molar-refractivity contribution in [3.8, 4) is 0 Å². The lowest BCUT2D eigenvalue weighted by Crippen LogP contribution is -2.34. The van der Waals surface area contributed by atoms with Gasteiger partial charge in [-0.25, -0.2) is 4.79 Å². The summed E-state index contributed by atoms with van der Waals surface area (Å²) in [5.74, 6) is -0.841. The number of carbonyl (C=O) groups is 2. The Labute approximate surface area is 150 Å². The number of amides is 1. The first kappa shape index (κ1) is 17.9. The maximum absolute atomic E-state index is 12.1. The molecular formula is C17H15ClN2O3S. The first-order valence-electron chi connectivity index (χ1n) is 7.15. The second-order valence-corrected chi connectivity index (χ2v) is 5.50. The summed E-state index contributed by atoms with van der Waals surface area (Å²) in [6.07, 6.45) is 0. The first-order chi connectivity index (χ1) is 11.5. The molecule has 0 saturated carbocycles. The molecule has 0 aliphatic heterocycles. The summed E-state index contributed by atoms with van der Waals surface area (Å²) < 4.78 is 4.94. The van der Waals surface area contributed by atoms with Gasteiger partial charge in [0.15, 0.2) is 5.11 Å². The molecular weight excluding hydrogens is 348 g/mol. The van der Waals surface area contributed by atoms with Crippen LogP contribution in [0.25, 0.3) is 0 Å². The molecule has 0 atom stereocenters. The number of benzene rings is 2. The van der Waals surface area contributed by atoms with E-state index >= 15 is 0 Å². The Bertz CT molecular complexity index is 780. The molecule has 0 unspecified atom stereocenters. The van der Waals surface area contributed by atoms with Gasteiger partial charge in [-0.2, -0.15) is 0 Å². The summed E-state index contributed by atoms with van der Waals surface area (Å²) in [7, 11) is 0. The van der Waals surface area contributed by atoms with Gasteiger partial charge in [0, 0.05) is 5.69 Å². The number of halogens is 1. The van der Waals surface area contributed by atoms with E-state index in [1.807, 2.05) is 0 Å². The SMILES string of the molecule is CCOC(=O)c1cccc(NC(=S)NC(=O)c2ccccc2Cl)c1. The molecule has 124 valence electrons.